The molecule has 0 heterocycles. The fourth-order valence-electron chi connectivity index (χ4n) is 3.56. The smallest absolute Gasteiger partial charge is 0.339 e. The molecule has 0 saturated carbocycles. The van der Waals surface area contributed by atoms with Gasteiger partial charge in [0.2, 0.25) is 0 Å². The molecule has 158 valence electrons. The number of carbonyl (C=O) groups is 1. The minimum absolute atomic E-state index is 0.0385. The average molecular weight is 399 g/mol. The van der Waals surface area contributed by atoms with Crippen LogP contribution >= 0.6 is 0 Å². The molecule has 0 bridgehead atoms. The van der Waals surface area contributed by atoms with Gasteiger partial charge in [-0.3, -0.25) is 0 Å². The van der Waals surface area contributed by atoms with E-state index in [4.69, 9.17) is 4.74 Å². The Hall–Kier alpha value is -2.49. The second kappa shape index (κ2) is 12.2. The van der Waals surface area contributed by atoms with Crippen molar-refractivity contribution in [2.45, 2.75) is 71.1 Å². The third-order valence-corrected chi connectivity index (χ3v) is 5.38. The normalized spacial score (nSPS) is 11.9. The standard InChI is InChI=1S/C25H34O4/c1-3-4-5-6-7-8-9-13-16-29-24-18-23(26)22(25(27)28)17-21(24)19(2)20-14-11-10-12-15-20/h10-12,14-15,17-19,26H,3-9,13,16H2,1-2H3,(H,27,28). The van der Waals surface area contributed by atoms with Crippen LogP contribution in [0.2, 0.25) is 0 Å². The predicted molar refractivity (Wildman–Crippen MR) is 117 cm³/mol. The van der Waals surface area contributed by atoms with Gasteiger partial charge in [0.1, 0.15) is 17.1 Å². The number of rotatable bonds is 13. The number of carboxylic acid groups (broad SMARTS) is 1. The topological polar surface area (TPSA) is 66.8 Å². The van der Waals surface area contributed by atoms with Crippen molar-refractivity contribution in [2.75, 3.05) is 6.61 Å². The lowest BCUT2D eigenvalue weighted by Gasteiger charge is -2.19. The van der Waals surface area contributed by atoms with Crippen LogP contribution in [0.5, 0.6) is 11.5 Å². The van der Waals surface area contributed by atoms with Gasteiger partial charge in [0.15, 0.2) is 0 Å². The quantitative estimate of drug-likeness (QED) is 0.366. The highest BCUT2D eigenvalue weighted by Gasteiger charge is 2.20. The zero-order chi connectivity index (χ0) is 21.1. The summed E-state index contributed by atoms with van der Waals surface area (Å²) in [5.74, 6) is -0.874. The second-order valence-corrected chi connectivity index (χ2v) is 7.67. The van der Waals surface area contributed by atoms with Crippen molar-refractivity contribution in [1.29, 1.82) is 0 Å². The summed E-state index contributed by atoms with van der Waals surface area (Å²) in [7, 11) is 0. The van der Waals surface area contributed by atoms with E-state index in [2.05, 4.69) is 6.92 Å². The van der Waals surface area contributed by atoms with Crippen LogP contribution in [0.1, 0.15) is 92.6 Å². The number of unbranched alkanes of at least 4 members (excludes halogenated alkanes) is 7. The monoisotopic (exact) mass is 398 g/mol. The molecule has 1 atom stereocenters. The van der Waals surface area contributed by atoms with Crippen molar-refractivity contribution in [1.82, 2.24) is 0 Å². The highest BCUT2D eigenvalue weighted by atomic mass is 16.5. The average Bonchev–Trinajstić information content (AvgIpc) is 2.72. The molecule has 2 rings (SSSR count). The molecule has 4 heteroatoms. The first-order valence-corrected chi connectivity index (χ1v) is 10.8. The Bertz CT molecular complexity index is 755. The molecular weight excluding hydrogens is 364 g/mol. The van der Waals surface area contributed by atoms with Gasteiger partial charge in [-0.1, -0.05) is 89.1 Å². The van der Waals surface area contributed by atoms with Crippen molar-refractivity contribution in [3.8, 4) is 11.5 Å². The number of ether oxygens (including phenoxy) is 1. The summed E-state index contributed by atoms with van der Waals surface area (Å²) >= 11 is 0. The van der Waals surface area contributed by atoms with Crippen molar-refractivity contribution < 1.29 is 19.7 Å². The lowest BCUT2D eigenvalue weighted by molar-refractivity contribution is 0.0693. The highest BCUT2D eigenvalue weighted by molar-refractivity contribution is 5.91. The maximum absolute atomic E-state index is 11.5. The number of carboxylic acids is 1. The van der Waals surface area contributed by atoms with Crippen LogP contribution in [0.25, 0.3) is 0 Å². The summed E-state index contributed by atoms with van der Waals surface area (Å²) in [4.78, 5) is 11.5. The number of aromatic hydroxyl groups is 1. The first-order valence-electron chi connectivity index (χ1n) is 10.8. The van der Waals surface area contributed by atoms with Gasteiger partial charge < -0.3 is 14.9 Å². The van der Waals surface area contributed by atoms with E-state index in [9.17, 15) is 15.0 Å². The van der Waals surface area contributed by atoms with E-state index >= 15 is 0 Å². The zero-order valence-corrected chi connectivity index (χ0v) is 17.7. The zero-order valence-electron chi connectivity index (χ0n) is 17.7. The molecule has 0 radical (unpaired) electrons. The predicted octanol–water partition coefficient (Wildman–Crippen LogP) is 6.76. The summed E-state index contributed by atoms with van der Waals surface area (Å²) in [6.45, 7) is 4.82. The molecule has 0 aliphatic carbocycles. The lowest BCUT2D eigenvalue weighted by atomic mass is 9.91. The number of aromatic carboxylic acids is 1. The van der Waals surface area contributed by atoms with E-state index < -0.39 is 5.97 Å². The molecule has 0 saturated heterocycles. The van der Waals surface area contributed by atoms with Crippen LogP contribution in [-0.4, -0.2) is 22.8 Å². The van der Waals surface area contributed by atoms with E-state index in [-0.39, 0.29) is 17.2 Å². The summed E-state index contributed by atoms with van der Waals surface area (Å²) in [6.07, 6.45) is 9.77. The Kier molecular flexibility index (Phi) is 9.55. The van der Waals surface area contributed by atoms with Crippen LogP contribution in [-0.2, 0) is 0 Å². The third kappa shape index (κ3) is 7.12. The van der Waals surface area contributed by atoms with Gasteiger partial charge in [-0.25, -0.2) is 4.79 Å². The van der Waals surface area contributed by atoms with Gasteiger partial charge in [-0.15, -0.1) is 0 Å². The lowest BCUT2D eigenvalue weighted by Crippen LogP contribution is -2.07. The molecule has 1 unspecified atom stereocenters. The van der Waals surface area contributed by atoms with Crippen molar-refractivity contribution >= 4 is 5.97 Å². The summed E-state index contributed by atoms with van der Waals surface area (Å²) in [5, 5.41) is 19.5. The second-order valence-electron chi connectivity index (χ2n) is 7.67. The summed E-state index contributed by atoms with van der Waals surface area (Å²) in [6, 6.07) is 12.9. The molecule has 2 aromatic carbocycles. The largest absolute Gasteiger partial charge is 0.507 e. The van der Waals surface area contributed by atoms with Crippen LogP contribution in [0.3, 0.4) is 0 Å². The van der Waals surface area contributed by atoms with Crippen LogP contribution in [0, 0.1) is 0 Å². The van der Waals surface area contributed by atoms with E-state index in [1.807, 2.05) is 37.3 Å². The third-order valence-electron chi connectivity index (χ3n) is 5.38. The molecule has 4 nitrogen and oxygen atoms in total. The van der Waals surface area contributed by atoms with Crippen molar-refractivity contribution in [2.24, 2.45) is 0 Å². The Morgan fingerprint density at radius 1 is 0.966 bits per heavy atom. The molecule has 0 aliphatic heterocycles. The van der Waals surface area contributed by atoms with Gasteiger partial charge >= 0.3 is 5.97 Å². The number of phenols is 1. The Balaban J connectivity index is 2.01. The van der Waals surface area contributed by atoms with Gasteiger partial charge in [0.25, 0.3) is 0 Å². The maximum atomic E-state index is 11.5. The molecular formula is C25H34O4. The Morgan fingerprint density at radius 3 is 2.21 bits per heavy atom. The summed E-state index contributed by atoms with van der Waals surface area (Å²) < 4.78 is 5.99. The highest BCUT2D eigenvalue weighted by Crippen LogP contribution is 2.36. The van der Waals surface area contributed by atoms with Crippen LogP contribution in [0.4, 0.5) is 0 Å². The van der Waals surface area contributed by atoms with Gasteiger partial charge in [0.05, 0.1) is 6.61 Å². The van der Waals surface area contributed by atoms with E-state index in [0.29, 0.717) is 12.4 Å². The fraction of sp³-hybridized carbons (Fsp3) is 0.480. The van der Waals surface area contributed by atoms with Gasteiger partial charge in [0, 0.05) is 17.5 Å². The summed E-state index contributed by atoms with van der Waals surface area (Å²) in [5.41, 5.74) is 1.76. The van der Waals surface area contributed by atoms with E-state index in [1.165, 1.54) is 44.6 Å². The number of hydrogen-bond acceptors (Lipinski definition) is 3. The first kappa shape index (κ1) is 22.8. The maximum Gasteiger partial charge on any atom is 0.339 e. The molecule has 2 N–H and O–H groups in total. The van der Waals surface area contributed by atoms with Crippen LogP contribution in [0.15, 0.2) is 42.5 Å². The molecule has 0 fully saturated rings. The van der Waals surface area contributed by atoms with Crippen molar-refractivity contribution in [3.05, 3.63) is 59.2 Å². The number of hydrogen-bond donors (Lipinski definition) is 2. The molecule has 0 amide bonds. The molecule has 0 aromatic heterocycles. The Morgan fingerprint density at radius 2 is 1.59 bits per heavy atom. The molecule has 0 aliphatic rings. The van der Waals surface area contributed by atoms with Gasteiger partial charge in [-0.2, -0.15) is 0 Å². The van der Waals surface area contributed by atoms with Crippen molar-refractivity contribution in [3.63, 3.8) is 0 Å². The van der Waals surface area contributed by atoms with Crippen LogP contribution < -0.4 is 4.74 Å². The van der Waals surface area contributed by atoms with E-state index in [0.717, 1.165) is 24.0 Å². The molecule has 29 heavy (non-hydrogen) atoms. The Labute approximate surface area is 174 Å². The minimum atomic E-state index is -1.14. The molecule has 0 spiro atoms. The van der Waals surface area contributed by atoms with E-state index in [1.54, 1.807) is 6.07 Å². The minimum Gasteiger partial charge on any atom is -0.507 e. The first-order chi connectivity index (χ1) is 14.0. The number of benzene rings is 2. The SMILES string of the molecule is CCCCCCCCCCOc1cc(O)c(C(=O)O)cc1C(C)c1ccccc1. The molecule has 2 aromatic rings. The fourth-order valence-corrected chi connectivity index (χ4v) is 3.56. The van der Waals surface area contributed by atoms with Gasteiger partial charge in [-0.05, 0) is 18.1 Å².